The molecule has 1 atom stereocenters. The number of pyridine rings is 1. The lowest BCUT2D eigenvalue weighted by molar-refractivity contribution is -0.388. The normalized spacial score (nSPS) is 11.5. The smallest absolute Gasteiger partial charge is 0.375 e. The Hall–Kier alpha value is -2.09. The molecular weight excluding hydrogens is 194 g/mol. The van der Waals surface area contributed by atoms with E-state index in [4.69, 9.17) is 6.42 Å². The van der Waals surface area contributed by atoms with Gasteiger partial charge in [0.2, 0.25) is 0 Å². The van der Waals surface area contributed by atoms with Gasteiger partial charge in [0.05, 0.1) is 0 Å². The molecule has 1 aromatic rings. The number of nitrogens with zero attached hydrogens (tertiary/aromatic N) is 2. The molecule has 0 fully saturated rings. The van der Waals surface area contributed by atoms with Crippen LogP contribution in [0.1, 0.15) is 13.3 Å². The van der Waals surface area contributed by atoms with Gasteiger partial charge in [-0.2, -0.15) is 0 Å². The van der Waals surface area contributed by atoms with Crippen LogP contribution in [0.5, 0.6) is 0 Å². The minimum Gasteiger partial charge on any atom is -0.375 e. The molecule has 0 aliphatic carbocycles. The highest BCUT2D eigenvalue weighted by Gasteiger charge is 2.14. The van der Waals surface area contributed by atoms with E-state index in [9.17, 15) is 10.1 Å². The van der Waals surface area contributed by atoms with E-state index >= 15 is 0 Å². The molecule has 0 amide bonds. The molecule has 0 aliphatic heterocycles. The molecule has 5 nitrogen and oxygen atoms in total. The lowest BCUT2D eigenvalue weighted by Crippen LogP contribution is -2.15. The van der Waals surface area contributed by atoms with Crippen molar-refractivity contribution >= 4 is 11.5 Å². The lowest BCUT2D eigenvalue weighted by Gasteiger charge is -2.11. The van der Waals surface area contributed by atoms with Crippen LogP contribution in [0.2, 0.25) is 0 Å². The van der Waals surface area contributed by atoms with Crippen LogP contribution in [0.3, 0.4) is 0 Å². The molecule has 0 aromatic carbocycles. The third kappa shape index (κ3) is 2.95. The van der Waals surface area contributed by atoms with Crippen molar-refractivity contribution < 1.29 is 4.92 Å². The molecule has 78 valence electrons. The van der Waals surface area contributed by atoms with Gasteiger partial charge in [-0.1, -0.05) is 0 Å². The predicted octanol–water partition coefficient (Wildman–Crippen LogP) is 1.81. The fourth-order valence-electron chi connectivity index (χ4n) is 1.15. The van der Waals surface area contributed by atoms with Crippen molar-refractivity contribution in [3.8, 4) is 12.3 Å². The second kappa shape index (κ2) is 4.96. The topological polar surface area (TPSA) is 68.1 Å². The van der Waals surface area contributed by atoms with E-state index in [1.54, 1.807) is 12.1 Å². The number of terminal acetylenes is 1. The first-order chi connectivity index (χ1) is 7.15. The van der Waals surface area contributed by atoms with Gasteiger partial charge in [-0.05, 0) is 29.0 Å². The number of hydrogen-bond acceptors (Lipinski definition) is 4. The minimum atomic E-state index is -0.523. The highest BCUT2D eigenvalue weighted by Crippen LogP contribution is 2.21. The zero-order chi connectivity index (χ0) is 11.3. The largest absolute Gasteiger partial charge is 0.386 e. The second-order valence-corrected chi connectivity index (χ2v) is 3.09. The van der Waals surface area contributed by atoms with Crippen molar-refractivity contribution in [3.05, 3.63) is 28.4 Å². The zero-order valence-corrected chi connectivity index (χ0v) is 8.30. The number of nitro groups is 1. The van der Waals surface area contributed by atoms with Gasteiger partial charge in [-0.25, -0.2) is 0 Å². The van der Waals surface area contributed by atoms with E-state index in [0.29, 0.717) is 12.1 Å². The molecule has 1 rings (SSSR count). The van der Waals surface area contributed by atoms with Crippen molar-refractivity contribution in [1.82, 2.24) is 4.98 Å². The summed E-state index contributed by atoms with van der Waals surface area (Å²) in [7, 11) is 0. The molecule has 0 bridgehead atoms. The highest BCUT2D eigenvalue weighted by molar-refractivity contribution is 5.57. The van der Waals surface area contributed by atoms with Crippen molar-refractivity contribution in [2.24, 2.45) is 0 Å². The Labute approximate surface area is 87.7 Å². The Morgan fingerprint density at radius 1 is 1.80 bits per heavy atom. The van der Waals surface area contributed by atoms with E-state index in [1.165, 1.54) is 6.20 Å². The van der Waals surface area contributed by atoms with Gasteiger partial charge in [-0.3, -0.25) is 0 Å². The van der Waals surface area contributed by atoms with E-state index in [0.717, 1.165) is 0 Å². The lowest BCUT2D eigenvalue weighted by atomic mass is 10.2. The van der Waals surface area contributed by atoms with Gasteiger partial charge in [0, 0.05) is 12.5 Å². The number of rotatable bonds is 4. The van der Waals surface area contributed by atoms with Crippen molar-refractivity contribution in [1.29, 1.82) is 0 Å². The molecule has 1 unspecified atom stereocenters. The fourth-order valence-corrected chi connectivity index (χ4v) is 1.15. The molecule has 15 heavy (non-hydrogen) atoms. The summed E-state index contributed by atoms with van der Waals surface area (Å²) in [5, 5.41) is 13.6. The van der Waals surface area contributed by atoms with Gasteiger partial charge < -0.3 is 15.4 Å². The Morgan fingerprint density at radius 3 is 3.13 bits per heavy atom. The Bertz CT molecular complexity index is 398. The Balaban J connectivity index is 2.85. The summed E-state index contributed by atoms with van der Waals surface area (Å²) < 4.78 is 0. The quantitative estimate of drug-likeness (QED) is 0.462. The first-order valence-corrected chi connectivity index (χ1v) is 4.44. The Kier molecular flexibility index (Phi) is 3.63. The summed E-state index contributed by atoms with van der Waals surface area (Å²) in [6, 6.07) is 3.23. The van der Waals surface area contributed by atoms with E-state index in [2.05, 4.69) is 16.2 Å². The van der Waals surface area contributed by atoms with Crippen LogP contribution in [0.4, 0.5) is 11.5 Å². The maximum absolute atomic E-state index is 10.6. The van der Waals surface area contributed by atoms with E-state index in [1.807, 2.05) is 6.92 Å². The molecule has 0 spiro atoms. The molecule has 1 aromatic heterocycles. The number of aromatic nitrogens is 1. The third-order valence-electron chi connectivity index (χ3n) is 1.79. The summed E-state index contributed by atoms with van der Waals surface area (Å²) in [5.74, 6) is 2.30. The summed E-state index contributed by atoms with van der Waals surface area (Å²) in [4.78, 5) is 13.8. The Morgan fingerprint density at radius 2 is 2.53 bits per heavy atom. The summed E-state index contributed by atoms with van der Waals surface area (Å²) >= 11 is 0. The molecular formula is C10H11N3O2. The summed E-state index contributed by atoms with van der Waals surface area (Å²) in [6.07, 6.45) is 7.03. The monoisotopic (exact) mass is 205 g/mol. The van der Waals surface area contributed by atoms with Gasteiger partial charge in [0.1, 0.15) is 11.9 Å². The van der Waals surface area contributed by atoms with Crippen LogP contribution < -0.4 is 5.32 Å². The SMILES string of the molecule is C#CCC(C)Nc1cccnc1[N+](=O)[O-]. The van der Waals surface area contributed by atoms with Crippen LogP contribution in [0.15, 0.2) is 18.3 Å². The van der Waals surface area contributed by atoms with Crippen LogP contribution in [0, 0.1) is 22.5 Å². The summed E-state index contributed by atoms with van der Waals surface area (Å²) in [6.45, 7) is 1.86. The average Bonchev–Trinajstić information content (AvgIpc) is 2.18. The molecule has 0 aliphatic rings. The van der Waals surface area contributed by atoms with Crippen molar-refractivity contribution in [2.45, 2.75) is 19.4 Å². The highest BCUT2D eigenvalue weighted by atomic mass is 16.6. The molecule has 0 saturated heterocycles. The molecule has 0 radical (unpaired) electrons. The fraction of sp³-hybridized carbons (Fsp3) is 0.300. The van der Waals surface area contributed by atoms with Crippen molar-refractivity contribution in [3.63, 3.8) is 0 Å². The second-order valence-electron chi connectivity index (χ2n) is 3.09. The molecule has 0 saturated carbocycles. The van der Waals surface area contributed by atoms with Gasteiger partial charge in [0.15, 0.2) is 0 Å². The van der Waals surface area contributed by atoms with E-state index in [-0.39, 0.29) is 11.9 Å². The predicted molar refractivity (Wildman–Crippen MR) is 57.4 cm³/mol. The maximum atomic E-state index is 10.6. The third-order valence-corrected chi connectivity index (χ3v) is 1.79. The van der Waals surface area contributed by atoms with Gasteiger partial charge in [0.25, 0.3) is 0 Å². The maximum Gasteiger partial charge on any atom is 0.386 e. The van der Waals surface area contributed by atoms with Gasteiger partial charge in [-0.15, -0.1) is 12.3 Å². The first-order valence-electron chi connectivity index (χ1n) is 4.44. The van der Waals surface area contributed by atoms with Crippen LogP contribution in [0.25, 0.3) is 0 Å². The first kappa shape index (κ1) is 11.0. The number of anilines is 1. The van der Waals surface area contributed by atoms with Gasteiger partial charge >= 0.3 is 5.82 Å². The average molecular weight is 205 g/mol. The number of nitrogens with one attached hydrogen (secondary N) is 1. The standard InChI is InChI=1S/C10H11N3O2/c1-3-5-8(2)12-9-6-4-7-11-10(9)13(14)15/h1,4,6-8,12H,5H2,2H3. The van der Waals surface area contributed by atoms with Crippen LogP contribution in [-0.4, -0.2) is 15.9 Å². The molecule has 1 heterocycles. The summed E-state index contributed by atoms with van der Waals surface area (Å²) in [5.41, 5.74) is 0.394. The number of hydrogen-bond donors (Lipinski definition) is 1. The van der Waals surface area contributed by atoms with E-state index < -0.39 is 4.92 Å². The minimum absolute atomic E-state index is 0.0158. The zero-order valence-electron chi connectivity index (χ0n) is 8.30. The van der Waals surface area contributed by atoms with Crippen molar-refractivity contribution in [2.75, 3.05) is 5.32 Å². The molecule has 1 N–H and O–H groups in total. The van der Waals surface area contributed by atoms with Crippen LogP contribution in [-0.2, 0) is 0 Å². The van der Waals surface area contributed by atoms with Crippen LogP contribution >= 0.6 is 0 Å². The molecule has 5 heteroatoms.